The van der Waals surface area contributed by atoms with E-state index in [0.29, 0.717) is 22.5 Å². The lowest BCUT2D eigenvalue weighted by molar-refractivity contribution is -0.166. The van der Waals surface area contributed by atoms with Crippen molar-refractivity contribution in [1.82, 2.24) is 14.6 Å². The van der Waals surface area contributed by atoms with E-state index in [9.17, 15) is 10.1 Å². The fourth-order valence-electron chi connectivity index (χ4n) is 7.05. The first kappa shape index (κ1) is 35.2. The summed E-state index contributed by atoms with van der Waals surface area (Å²) in [6, 6.07) is 18.0. The highest BCUT2D eigenvalue weighted by molar-refractivity contribution is 5.81. The molecule has 2 aromatic heterocycles. The van der Waals surface area contributed by atoms with Crippen LogP contribution in [0.2, 0.25) is 0 Å². The molecule has 50 heavy (non-hydrogen) atoms. The standard InChI is InChI=1S/C41H49N5O4/c1-8-48-39(47)37(50-40(4,5)6)36-28(3)43-35-25-33-31-15-12-14-30(24-31)32-23-29(26-42)16-17-34(32)49-27(2)13-10-9-11-18-41(7)19-21-45(22-20-41)38(36)46(35)44-33/h9-10,12,14-17,23-25,27,37H,8,11,13,18-22H2,1-7H3/b10-9-/t27-,37-/m0/s1. The molecule has 6 bridgehead atoms. The van der Waals surface area contributed by atoms with Crippen LogP contribution in [0.1, 0.15) is 96.6 Å². The van der Waals surface area contributed by atoms with E-state index in [1.165, 1.54) is 0 Å². The summed E-state index contributed by atoms with van der Waals surface area (Å²) in [4.78, 5) is 21.0. The molecule has 5 heterocycles. The second-order valence-corrected chi connectivity index (χ2v) is 15.0. The molecule has 262 valence electrons. The molecule has 0 N–H and O–H groups in total. The van der Waals surface area contributed by atoms with Gasteiger partial charge in [-0.05, 0) is 102 Å². The van der Waals surface area contributed by atoms with E-state index in [1.54, 1.807) is 6.07 Å². The van der Waals surface area contributed by atoms with Crippen LogP contribution in [0.5, 0.6) is 5.75 Å². The van der Waals surface area contributed by atoms with Crippen molar-refractivity contribution in [2.24, 2.45) is 5.41 Å². The van der Waals surface area contributed by atoms with Gasteiger partial charge in [-0.15, -0.1) is 0 Å². The van der Waals surface area contributed by atoms with Crippen LogP contribution in [-0.2, 0) is 14.3 Å². The smallest absolute Gasteiger partial charge is 0.340 e. The number of hydrogen-bond acceptors (Lipinski definition) is 8. The fraction of sp³-hybridized carbons (Fsp3) is 0.463. The van der Waals surface area contributed by atoms with Gasteiger partial charge >= 0.3 is 5.97 Å². The lowest BCUT2D eigenvalue weighted by atomic mass is 9.76. The minimum absolute atomic E-state index is 0.0355. The number of anilines is 1. The molecule has 2 atom stereocenters. The van der Waals surface area contributed by atoms with Crippen LogP contribution in [0.25, 0.3) is 28.0 Å². The van der Waals surface area contributed by atoms with E-state index in [2.05, 4.69) is 43.0 Å². The van der Waals surface area contributed by atoms with Crippen LogP contribution >= 0.6 is 0 Å². The van der Waals surface area contributed by atoms with Gasteiger partial charge in [-0.25, -0.2) is 9.78 Å². The Morgan fingerprint density at radius 1 is 1.10 bits per heavy atom. The highest BCUT2D eigenvalue weighted by atomic mass is 16.6. The van der Waals surface area contributed by atoms with E-state index < -0.39 is 17.7 Å². The first-order chi connectivity index (χ1) is 23.9. The third kappa shape index (κ3) is 7.56. The van der Waals surface area contributed by atoms with Crippen LogP contribution in [0, 0.1) is 23.7 Å². The number of carbonyl (C=O) groups excluding carboxylic acids is 1. The molecule has 0 spiro atoms. The summed E-state index contributed by atoms with van der Waals surface area (Å²) in [6.07, 6.45) is 8.38. The summed E-state index contributed by atoms with van der Waals surface area (Å²) in [6.45, 7) is 15.9. The molecule has 1 fully saturated rings. The quantitative estimate of drug-likeness (QED) is 0.156. The molecule has 0 amide bonds. The Kier molecular flexibility index (Phi) is 10.0. The van der Waals surface area contributed by atoms with Gasteiger partial charge in [-0.2, -0.15) is 14.9 Å². The van der Waals surface area contributed by atoms with Gasteiger partial charge in [0.2, 0.25) is 0 Å². The molecule has 4 aromatic rings. The Labute approximate surface area is 295 Å². The van der Waals surface area contributed by atoms with Crippen molar-refractivity contribution in [2.75, 3.05) is 24.6 Å². The number of piperidine rings is 1. The number of benzene rings is 2. The molecule has 0 unspecified atom stereocenters. The minimum atomic E-state index is -0.977. The zero-order valence-corrected chi connectivity index (χ0v) is 30.5. The SMILES string of the molecule is CCOC(=O)[C@@H](OC(C)(C)C)c1c(C)nc2cc3nn2c1N1CCC(C)(CC/C=C\C[C@H](C)Oc2ccc(C#N)cc2-c2cccc-3c2)CC1. The normalized spacial score (nSPS) is 20.8. The van der Waals surface area contributed by atoms with Gasteiger partial charge in [0.1, 0.15) is 11.6 Å². The van der Waals surface area contributed by atoms with Gasteiger partial charge in [-0.3, -0.25) is 0 Å². The first-order valence-electron chi connectivity index (χ1n) is 17.8. The average molecular weight is 676 g/mol. The molecule has 3 aliphatic rings. The van der Waals surface area contributed by atoms with E-state index in [0.717, 1.165) is 79.1 Å². The average Bonchev–Trinajstić information content (AvgIpc) is 3.50. The molecule has 0 aliphatic carbocycles. The molecular weight excluding hydrogens is 626 g/mol. The molecule has 3 aliphatic heterocycles. The number of nitriles is 1. The van der Waals surface area contributed by atoms with E-state index >= 15 is 0 Å². The maximum atomic E-state index is 13.7. The van der Waals surface area contributed by atoms with Crippen molar-refractivity contribution in [3.05, 3.63) is 77.5 Å². The molecule has 7 rings (SSSR count). The van der Waals surface area contributed by atoms with Gasteiger partial charge < -0.3 is 19.1 Å². The summed E-state index contributed by atoms with van der Waals surface area (Å²) in [5, 5.41) is 14.9. The number of aromatic nitrogens is 3. The molecule has 9 nitrogen and oxygen atoms in total. The van der Waals surface area contributed by atoms with Crippen molar-refractivity contribution >= 4 is 17.4 Å². The van der Waals surface area contributed by atoms with Crippen molar-refractivity contribution in [3.63, 3.8) is 0 Å². The van der Waals surface area contributed by atoms with Crippen molar-refractivity contribution in [2.45, 2.75) is 98.4 Å². The number of carbonyl (C=O) groups is 1. The third-order valence-electron chi connectivity index (χ3n) is 9.76. The van der Waals surface area contributed by atoms with Gasteiger partial charge in [-0.1, -0.05) is 37.3 Å². The van der Waals surface area contributed by atoms with Gasteiger partial charge in [0.15, 0.2) is 11.8 Å². The molecule has 2 aromatic carbocycles. The zero-order valence-electron chi connectivity index (χ0n) is 30.5. The summed E-state index contributed by atoms with van der Waals surface area (Å²) in [5.74, 6) is 1.12. The number of esters is 1. The first-order valence-corrected chi connectivity index (χ1v) is 17.8. The third-order valence-corrected chi connectivity index (χ3v) is 9.76. The van der Waals surface area contributed by atoms with Crippen LogP contribution in [0.3, 0.4) is 0 Å². The molecule has 9 heteroatoms. The van der Waals surface area contributed by atoms with Gasteiger partial charge in [0.25, 0.3) is 0 Å². The Morgan fingerprint density at radius 3 is 2.58 bits per heavy atom. The summed E-state index contributed by atoms with van der Waals surface area (Å²) >= 11 is 0. The van der Waals surface area contributed by atoms with Crippen LogP contribution in [0.4, 0.5) is 5.82 Å². The van der Waals surface area contributed by atoms with Crippen molar-refractivity contribution < 1.29 is 19.0 Å². The molecule has 0 radical (unpaired) electrons. The minimum Gasteiger partial charge on any atom is -0.490 e. The number of aryl methyl sites for hydroxylation is 1. The topological polar surface area (TPSA) is 102 Å². The van der Waals surface area contributed by atoms with Crippen LogP contribution in [0.15, 0.2) is 60.7 Å². The van der Waals surface area contributed by atoms with E-state index in [-0.39, 0.29) is 18.1 Å². The summed E-state index contributed by atoms with van der Waals surface area (Å²) in [5.41, 5.74) is 5.63. The Balaban J connectivity index is 1.56. The maximum Gasteiger partial charge on any atom is 0.340 e. The van der Waals surface area contributed by atoms with E-state index in [1.807, 2.05) is 75.5 Å². The highest BCUT2D eigenvalue weighted by Gasteiger charge is 2.38. The number of nitrogens with zero attached hydrogens (tertiary/aromatic N) is 5. The molecular formula is C41H49N5O4. The predicted octanol–water partition coefficient (Wildman–Crippen LogP) is 8.78. The number of fused-ring (bicyclic) bond motifs is 7. The number of allylic oxidation sites excluding steroid dienone is 1. The Bertz CT molecular complexity index is 1940. The van der Waals surface area contributed by atoms with E-state index in [4.69, 9.17) is 24.3 Å². The van der Waals surface area contributed by atoms with Crippen molar-refractivity contribution in [1.29, 1.82) is 5.26 Å². The zero-order chi connectivity index (χ0) is 35.6. The largest absolute Gasteiger partial charge is 0.490 e. The number of rotatable bonds is 4. The summed E-state index contributed by atoms with van der Waals surface area (Å²) < 4.78 is 20.5. The monoisotopic (exact) mass is 675 g/mol. The lowest BCUT2D eigenvalue weighted by Gasteiger charge is -2.41. The summed E-state index contributed by atoms with van der Waals surface area (Å²) in [7, 11) is 0. The Morgan fingerprint density at radius 2 is 1.86 bits per heavy atom. The molecule has 1 saturated heterocycles. The second kappa shape index (κ2) is 14.3. The number of hydrogen-bond donors (Lipinski definition) is 0. The number of ether oxygens (including phenoxy) is 3. The van der Waals surface area contributed by atoms with Crippen LogP contribution in [-0.4, -0.2) is 52.0 Å². The predicted molar refractivity (Wildman–Crippen MR) is 196 cm³/mol. The van der Waals surface area contributed by atoms with Crippen LogP contribution < -0.4 is 9.64 Å². The maximum absolute atomic E-state index is 13.7. The van der Waals surface area contributed by atoms with Gasteiger partial charge in [0.05, 0.1) is 41.2 Å². The lowest BCUT2D eigenvalue weighted by Crippen LogP contribution is -2.41. The fourth-order valence-corrected chi connectivity index (χ4v) is 7.05. The van der Waals surface area contributed by atoms with Crippen molar-refractivity contribution in [3.8, 4) is 34.2 Å². The Hall–Kier alpha value is -4.68. The van der Waals surface area contributed by atoms with Gasteiger partial charge in [0, 0.05) is 42.4 Å². The highest BCUT2D eigenvalue weighted by Crippen LogP contribution is 2.42. The molecule has 0 saturated carbocycles. The second-order valence-electron chi connectivity index (χ2n) is 15.0.